The molecule has 7 nitrogen and oxygen atoms in total. The second kappa shape index (κ2) is 9.32. The second-order valence-corrected chi connectivity index (χ2v) is 7.54. The van der Waals surface area contributed by atoms with E-state index in [0.29, 0.717) is 24.7 Å². The summed E-state index contributed by atoms with van der Waals surface area (Å²) in [6.45, 7) is 4.81. The molecule has 2 atom stereocenters. The highest BCUT2D eigenvalue weighted by Crippen LogP contribution is 2.36. The van der Waals surface area contributed by atoms with Crippen molar-refractivity contribution in [2.75, 3.05) is 20.0 Å². The van der Waals surface area contributed by atoms with Gasteiger partial charge in [-0.15, -0.1) is 0 Å². The summed E-state index contributed by atoms with van der Waals surface area (Å²) in [7, 11) is 0. The molecule has 3 rings (SSSR count). The van der Waals surface area contributed by atoms with Gasteiger partial charge in [0.1, 0.15) is 25.6 Å². The van der Waals surface area contributed by atoms with Gasteiger partial charge in [0.15, 0.2) is 0 Å². The number of esters is 1. The number of rotatable bonds is 7. The van der Waals surface area contributed by atoms with Crippen molar-refractivity contribution in [1.29, 1.82) is 0 Å². The topological polar surface area (TPSA) is 75.5 Å². The molecular weight excluding hydrogens is 382 g/mol. The van der Waals surface area contributed by atoms with Gasteiger partial charge in [-0.25, -0.2) is 14.5 Å². The molecule has 0 aliphatic carbocycles. The van der Waals surface area contributed by atoms with Crippen molar-refractivity contribution in [3.63, 3.8) is 0 Å². The number of hydrogen-bond donors (Lipinski definition) is 0. The van der Waals surface area contributed by atoms with E-state index < -0.39 is 17.5 Å². The van der Waals surface area contributed by atoms with Gasteiger partial charge in [0.25, 0.3) is 0 Å². The fourth-order valence-electron chi connectivity index (χ4n) is 3.39. The van der Waals surface area contributed by atoms with E-state index in [1.807, 2.05) is 31.2 Å². The zero-order chi connectivity index (χ0) is 20.0. The minimum atomic E-state index is -0.547. The minimum absolute atomic E-state index is 0.232. The Labute approximate surface area is 169 Å². The highest BCUT2D eigenvalue weighted by Gasteiger charge is 2.45. The van der Waals surface area contributed by atoms with Crippen LogP contribution >= 0.6 is 11.6 Å². The van der Waals surface area contributed by atoms with Crippen LogP contribution in [-0.4, -0.2) is 46.8 Å². The van der Waals surface area contributed by atoms with Gasteiger partial charge in [-0.05, 0) is 31.0 Å². The molecule has 1 aliphatic rings. The normalized spacial score (nSPS) is 18.7. The van der Waals surface area contributed by atoms with Crippen molar-refractivity contribution in [2.45, 2.75) is 32.4 Å². The molecule has 2 heterocycles. The van der Waals surface area contributed by atoms with Crippen LogP contribution in [0.2, 0.25) is 5.02 Å². The van der Waals surface area contributed by atoms with E-state index in [1.165, 1.54) is 12.4 Å². The number of carbonyl (C=O) groups excluding carboxylic acids is 1. The predicted octanol–water partition coefficient (Wildman–Crippen LogP) is 3.21. The molecule has 28 heavy (non-hydrogen) atoms. The molecule has 0 radical (unpaired) electrons. The van der Waals surface area contributed by atoms with Crippen LogP contribution in [0.25, 0.3) is 0 Å². The Morgan fingerprint density at radius 3 is 2.68 bits per heavy atom. The van der Waals surface area contributed by atoms with Crippen molar-refractivity contribution >= 4 is 17.6 Å². The van der Waals surface area contributed by atoms with Crippen LogP contribution in [-0.2, 0) is 25.4 Å². The lowest BCUT2D eigenvalue weighted by molar-refractivity contribution is -0.206. The third-order valence-electron chi connectivity index (χ3n) is 4.75. The van der Waals surface area contributed by atoms with Crippen molar-refractivity contribution in [2.24, 2.45) is 5.41 Å². The van der Waals surface area contributed by atoms with E-state index in [-0.39, 0.29) is 12.8 Å². The Morgan fingerprint density at radius 2 is 2.07 bits per heavy atom. The quantitative estimate of drug-likeness (QED) is 0.520. The van der Waals surface area contributed by atoms with Crippen LogP contribution in [0.15, 0.2) is 49.1 Å². The molecule has 1 aliphatic heterocycles. The zero-order valence-corrected chi connectivity index (χ0v) is 16.7. The standard InChI is InChI=1S/C20H24ClN3O4/c1-3-4-18(25)28-19(20(2)10-26-14-27-11-20)17(24-13-22-12-23-24)9-15-5-7-16(21)8-6-15/h3-8,12-13,17,19H,9-11,14H2,1-2H3/b4-3+. The summed E-state index contributed by atoms with van der Waals surface area (Å²) in [5.41, 5.74) is 0.497. The number of halogens is 1. The monoisotopic (exact) mass is 405 g/mol. The summed E-state index contributed by atoms with van der Waals surface area (Å²) in [4.78, 5) is 16.4. The first-order valence-corrected chi connectivity index (χ1v) is 9.47. The maximum atomic E-state index is 12.4. The average Bonchev–Trinajstić information content (AvgIpc) is 3.21. The third kappa shape index (κ3) is 4.98. The number of allylic oxidation sites excluding steroid dienone is 1. The number of hydrogen-bond acceptors (Lipinski definition) is 6. The van der Waals surface area contributed by atoms with Crippen LogP contribution in [0.3, 0.4) is 0 Å². The molecular formula is C20H24ClN3O4. The summed E-state index contributed by atoms with van der Waals surface area (Å²) < 4.78 is 18.7. The molecule has 0 N–H and O–H groups in total. The molecule has 0 bridgehead atoms. The van der Waals surface area contributed by atoms with Gasteiger partial charge in [-0.2, -0.15) is 5.10 Å². The van der Waals surface area contributed by atoms with Crippen molar-refractivity contribution in [3.05, 3.63) is 59.7 Å². The second-order valence-electron chi connectivity index (χ2n) is 7.10. The van der Waals surface area contributed by atoms with E-state index in [0.717, 1.165) is 5.56 Å². The number of ether oxygens (including phenoxy) is 3. The lowest BCUT2D eigenvalue weighted by Crippen LogP contribution is -2.51. The largest absolute Gasteiger partial charge is 0.456 e. The van der Waals surface area contributed by atoms with E-state index in [9.17, 15) is 4.79 Å². The Kier molecular flexibility index (Phi) is 6.83. The Bertz CT molecular complexity index is 786. The highest BCUT2D eigenvalue weighted by molar-refractivity contribution is 6.30. The number of benzene rings is 1. The maximum Gasteiger partial charge on any atom is 0.330 e. The van der Waals surface area contributed by atoms with Gasteiger partial charge in [-0.3, -0.25) is 0 Å². The number of carbonyl (C=O) groups is 1. The first-order chi connectivity index (χ1) is 13.5. The summed E-state index contributed by atoms with van der Waals surface area (Å²) in [5, 5.41) is 4.98. The van der Waals surface area contributed by atoms with Crippen LogP contribution in [0, 0.1) is 5.41 Å². The molecule has 0 saturated carbocycles. The molecule has 1 fully saturated rings. The predicted molar refractivity (Wildman–Crippen MR) is 104 cm³/mol. The first kappa shape index (κ1) is 20.5. The molecule has 2 unspecified atom stereocenters. The lowest BCUT2D eigenvalue weighted by Gasteiger charge is -2.42. The van der Waals surface area contributed by atoms with Gasteiger partial charge in [-0.1, -0.05) is 36.7 Å². The van der Waals surface area contributed by atoms with Crippen LogP contribution in [0.1, 0.15) is 25.5 Å². The molecule has 1 aromatic carbocycles. The van der Waals surface area contributed by atoms with Gasteiger partial charge >= 0.3 is 5.97 Å². The van der Waals surface area contributed by atoms with E-state index in [4.69, 9.17) is 25.8 Å². The van der Waals surface area contributed by atoms with Crippen LogP contribution in [0.5, 0.6) is 0 Å². The van der Waals surface area contributed by atoms with Gasteiger partial charge in [0.2, 0.25) is 0 Å². The van der Waals surface area contributed by atoms with Gasteiger partial charge in [0.05, 0.1) is 24.7 Å². The molecule has 0 amide bonds. The molecule has 150 valence electrons. The summed E-state index contributed by atoms with van der Waals surface area (Å²) in [5.74, 6) is -0.416. The molecule has 0 spiro atoms. The SMILES string of the molecule is C/C=C/C(=O)OC(C(Cc1ccc(Cl)cc1)n1cncn1)C1(C)COCOC1. The third-order valence-corrected chi connectivity index (χ3v) is 5.00. The summed E-state index contributed by atoms with van der Waals surface area (Å²) >= 11 is 6.02. The number of nitrogens with zero attached hydrogens (tertiary/aromatic N) is 3. The fraction of sp³-hybridized carbons (Fsp3) is 0.450. The highest BCUT2D eigenvalue weighted by atomic mass is 35.5. The van der Waals surface area contributed by atoms with E-state index in [1.54, 1.807) is 24.0 Å². The van der Waals surface area contributed by atoms with Crippen molar-refractivity contribution < 1.29 is 19.0 Å². The van der Waals surface area contributed by atoms with Crippen LogP contribution < -0.4 is 0 Å². The summed E-state index contributed by atoms with van der Waals surface area (Å²) in [6, 6.07) is 7.28. The Hall–Kier alpha value is -2.22. The fourth-order valence-corrected chi connectivity index (χ4v) is 3.52. The Morgan fingerprint density at radius 1 is 1.36 bits per heavy atom. The summed E-state index contributed by atoms with van der Waals surface area (Å²) in [6.07, 6.45) is 6.18. The average molecular weight is 406 g/mol. The lowest BCUT2D eigenvalue weighted by atomic mass is 9.79. The van der Waals surface area contributed by atoms with Crippen LogP contribution in [0.4, 0.5) is 0 Å². The molecule has 8 heteroatoms. The zero-order valence-electron chi connectivity index (χ0n) is 16.0. The first-order valence-electron chi connectivity index (χ1n) is 9.09. The van der Waals surface area contributed by atoms with Gasteiger partial charge in [0, 0.05) is 11.1 Å². The van der Waals surface area contributed by atoms with Crippen molar-refractivity contribution in [3.8, 4) is 0 Å². The molecule has 2 aromatic rings. The smallest absolute Gasteiger partial charge is 0.330 e. The maximum absolute atomic E-state index is 12.4. The minimum Gasteiger partial charge on any atom is -0.456 e. The Balaban J connectivity index is 1.97. The van der Waals surface area contributed by atoms with Gasteiger partial charge < -0.3 is 14.2 Å². The number of aromatic nitrogens is 3. The van der Waals surface area contributed by atoms with Crippen molar-refractivity contribution in [1.82, 2.24) is 14.8 Å². The molecule has 1 saturated heterocycles. The van der Waals surface area contributed by atoms with E-state index in [2.05, 4.69) is 10.1 Å². The molecule has 1 aromatic heterocycles. The van der Waals surface area contributed by atoms with E-state index >= 15 is 0 Å².